The quantitative estimate of drug-likeness (QED) is 0.695. The predicted molar refractivity (Wildman–Crippen MR) is 73.7 cm³/mol. The summed E-state index contributed by atoms with van der Waals surface area (Å²) in [4.78, 5) is 23.1. The standard InChI is InChI=1S/C13H11NO5S/c1-6-5-20-11(13(18)19)10(6)14-12(17)7-2-8(15)4-9(16)3-7/h2-5,15-16H,1H3,(H,14,17)(H,18,19). The first-order valence-electron chi connectivity index (χ1n) is 5.54. The highest BCUT2D eigenvalue weighted by Gasteiger charge is 2.18. The zero-order valence-electron chi connectivity index (χ0n) is 10.4. The number of benzene rings is 1. The van der Waals surface area contributed by atoms with Crippen LogP contribution in [0.1, 0.15) is 25.6 Å². The number of carbonyl (C=O) groups is 2. The molecule has 7 heteroatoms. The van der Waals surface area contributed by atoms with Crippen LogP contribution >= 0.6 is 11.3 Å². The minimum Gasteiger partial charge on any atom is -0.508 e. The Kier molecular flexibility index (Phi) is 3.62. The van der Waals surface area contributed by atoms with Gasteiger partial charge in [-0.2, -0.15) is 0 Å². The molecule has 0 fully saturated rings. The number of aryl methyl sites for hydroxylation is 1. The molecule has 0 aliphatic rings. The summed E-state index contributed by atoms with van der Waals surface area (Å²) in [7, 11) is 0. The number of rotatable bonds is 3. The van der Waals surface area contributed by atoms with Gasteiger partial charge in [0, 0.05) is 11.6 Å². The Hall–Kier alpha value is -2.54. The number of hydrogen-bond donors (Lipinski definition) is 4. The molecule has 1 heterocycles. The van der Waals surface area contributed by atoms with Crippen molar-refractivity contribution in [2.45, 2.75) is 6.92 Å². The second kappa shape index (κ2) is 5.22. The van der Waals surface area contributed by atoms with Crippen LogP contribution in [0.25, 0.3) is 0 Å². The van der Waals surface area contributed by atoms with Crippen molar-refractivity contribution in [2.75, 3.05) is 5.32 Å². The third kappa shape index (κ3) is 2.72. The summed E-state index contributed by atoms with van der Waals surface area (Å²) in [6, 6.07) is 3.45. The van der Waals surface area contributed by atoms with Crippen molar-refractivity contribution in [1.29, 1.82) is 0 Å². The molecule has 0 spiro atoms. The minimum atomic E-state index is -1.13. The van der Waals surface area contributed by atoms with Crippen LogP contribution < -0.4 is 5.32 Å². The van der Waals surface area contributed by atoms with Gasteiger partial charge in [0.05, 0.1) is 5.69 Å². The molecule has 2 rings (SSSR count). The van der Waals surface area contributed by atoms with E-state index >= 15 is 0 Å². The summed E-state index contributed by atoms with van der Waals surface area (Å²) >= 11 is 1.01. The van der Waals surface area contributed by atoms with E-state index in [0.717, 1.165) is 17.4 Å². The van der Waals surface area contributed by atoms with E-state index in [4.69, 9.17) is 5.11 Å². The highest BCUT2D eigenvalue weighted by atomic mass is 32.1. The molecule has 6 nitrogen and oxygen atoms in total. The van der Waals surface area contributed by atoms with E-state index in [2.05, 4.69) is 5.32 Å². The van der Waals surface area contributed by atoms with Gasteiger partial charge in [-0.25, -0.2) is 4.79 Å². The Morgan fingerprint density at radius 1 is 1.15 bits per heavy atom. The summed E-state index contributed by atoms with van der Waals surface area (Å²) in [5.41, 5.74) is 0.880. The third-order valence-corrected chi connectivity index (χ3v) is 3.66. The maximum absolute atomic E-state index is 12.0. The van der Waals surface area contributed by atoms with E-state index in [-0.39, 0.29) is 27.6 Å². The van der Waals surface area contributed by atoms with Crippen LogP contribution in [0.2, 0.25) is 0 Å². The molecule has 0 aliphatic carbocycles. The number of aromatic carboxylic acids is 1. The molecule has 0 atom stereocenters. The fourth-order valence-electron chi connectivity index (χ4n) is 1.67. The van der Waals surface area contributed by atoms with Crippen LogP contribution in [0.3, 0.4) is 0 Å². The largest absolute Gasteiger partial charge is 0.508 e. The van der Waals surface area contributed by atoms with Gasteiger partial charge in [-0.05, 0) is 30.0 Å². The molecule has 1 aromatic carbocycles. The van der Waals surface area contributed by atoms with Crippen LogP contribution in [0.4, 0.5) is 5.69 Å². The van der Waals surface area contributed by atoms with Gasteiger partial charge in [0.1, 0.15) is 16.4 Å². The number of thiophene rings is 1. The first kappa shape index (κ1) is 13.9. The smallest absolute Gasteiger partial charge is 0.348 e. The van der Waals surface area contributed by atoms with Crippen molar-refractivity contribution in [1.82, 2.24) is 0 Å². The van der Waals surface area contributed by atoms with Crippen LogP contribution in [0, 0.1) is 6.92 Å². The van der Waals surface area contributed by atoms with E-state index in [1.807, 2.05) is 0 Å². The van der Waals surface area contributed by atoms with Crippen LogP contribution in [-0.4, -0.2) is 27.2 Å². The molecule has 1 amide bonds. The zero-order valence-corrected chi connectivity index (χ0v) is 11.2. The molecule has 20 heavy (non-hydrogen) atoms. The highest BCUT2D eigenvalue weighted by molar-refractivity contribution is 7.12. The van der Waals surface area contributed by atoms with Gasteiger partial charge < -0.3 is 20.6 Å². The van der Waals surface area contributed by atoms with Gasteiger partial charge in [-0.3, -0.25) is 4.79 Å². The number of anilines is 1. The predicted octanol–water partition coefficient (Wildman–Crippen LogP) is 2.42. The molecule has 0 saturated heterocycles. The monoisotopic (exact) mass is 293 g/mol. The minimum absolute atomic E-state index is 0.0280. The number of aromatic hydroxyl groups is 2. The number of nitrogens with one attached hydrogen (secondary N) is 1. The number of amides is 1. The highest BCUT2D eigenvalue weighted by Crippen LogP contribution is 2.29. The van der Waals surface area contributed by atoms with Gasteiger partial charge in [-0.15, -0.1) is 11.3 Å². The molecule has 104 valence electrons. The second-order valence-corrected chi connectivity index (χ2v) is 5.00. The van der Waals surface area contributed by atoms with Gasteiger partial charge in [-0.1, -0.05) is 0 Å². The fourth-order valence-corrected chi connectivity index (χ4v) is 2.51. The van der Waals surface area contributed by atoms with Crippen LogP contribution in [0.15, 0.2) is 23.6 Å². The van der Waals surface area contributed by atoms with E-state index in [1.54, 1.807) is 12.3 Å². The van der Waals surface area contributed by atoms with E-state index in [9.17, 15) is 19.8 Å². The Morgan fingerprint density at radius 3 is 2.30 bits per heavy atom. The van der Waals surface area contributed by atoms with Gasteiger partial charge in [0.15, 0.2) is 0 Å². The van der Waals surface area contributed by atoms with Crippen molar-refractivity contribution < 1.29 is 24.9 Å². The van der Waals surface area contributed by atoms with Crippen molar-refractivity contribution in [3.63, 3.8) is 0 Å². The molecule has 0 saturated carbocycles. The third-order valence-electron chi connectivity index (χ3n) is 2.57. The Bertz CT molecular complexity index is 672. The van der Waals surface area contributed by atoms with E-state index in [0.29, 0.717) is 5.56 Å². The molecule has 0 bridgehead atoms. The van der Waals surface area contributed by atoms with Crippen molar-refractivity contribution in [3.8, 4) is 11.5 Å². The Balaban J connectivity index is 2.32. The lowest BCUT2D eigenvalue weighted by Crippen LogP contribution is -2.14. The summed E-state index contributed by atoms with van der Waals surface area (Å²) < 4.78 is 0. The molecule has 0 unspecified atom stereocenters. The van der Waals surface area contributed by atoms with Crippen LogP contribution in [0.5, 0.6) is 11.5 Å². The molecule has 1 aromatic heterocycles. The van der Waals surface area contributed by atoms with Crippen molar-refractivity contribution in [3.05, 3.63) is 39.6 Å². The number of phenols is 2. The van der Waals surface area contributed by atoms with Gasteiger partial charge >= 0.3 is 5.97 Å². The second-order valence-electron chi connectivity index (χ2n) is 4.12. The number of carboxylic acid groups (broad SMARTS) is 1. The Labute approximate surface area is 117 Å². The molecule has 0 aliphatic heterocycles. The number of carbonyl (C=O) groups excluding carboxylic acids is 1. The van der Waals surface area contributed by atoms with E-state index < -0.39 is 11.9 Å². The zero-order chi connectivity index (χ0) is 14.9. The normalized spacial score (nSPS) is 10.2. The topological polar surface area (TPSA) is 107 Å². The van der Waals surface area contributed by atoms with E-state index in [1.165, 1.54) is 12.1 Å². The fraction of sp³-hybridized carbons (Fsp3) is 0.0769. The van der Waals surface area contributed by atoms with Crippen molar-refractivity contribution in [2.24, 2.45) is 0 Å². The number of hydrogen-bond acceptors (Lipinski definition) is 5. The SMILES string of the molecule is Cc1csc(C(=O)O)c1NC(=O)c1cc(O)cc(O)c1. The summed E-state index contributed by atoms with van der Waals surface area (Å²) in [5, 5.41) is 31.8. The number of phenolic OH excluding ortho intramolecular Hbond substituents is 2. The molecule has 0 radical (unpaired) electrons. The lowest BCUT2D eigenvalue weighted by atomic mass is 10.1. The molecular formula is C13H11NO5S. The maximum atomic E-state index is 12.0. The summed E-state index contributed by atoms with van der Waals surface area (Å²) in [6.07, 6.45) is 0. The molecule has 2 aromatic rings. The lowest BCUT2D eigenvalue weighted by Gasteiger charge is -2.07. The maximum Gasteiger partial charge on any atom is 0.348 e. The summed E-state index contributed by atoms with van der Waals surface area (Å²) in [5.74, 6) is -2.25. The first-order valence-corrected chi connectivity index (χ1v) is 6.42. The first-order chi connectivity index (χ1) is 9.38. The van der Waals surface area contributed by atoms with Crippen LogP contribution in [-0.2, 0) is 0 Å². The van der Waals surface area contributed by atoms with Gasteiger partial charge in [0.2, 0.25) is 0 Å². The Morgan fingerprint density at radius 2 is 1.75 bits per heavy atom. The van der Waals surface area contributed by atoms with Gasteiger partial charge in [0.25, 0.3) is 5.91 Å². The average molecular weight is 293 g/mol. The molecular weight excluding hydrogens is 282 g/mol. The number of carboxylic acids is 1. The molecule has 4 N–H and O–H groups in total. The lowest BCUT2D eigenvalue weighted by molar-refractivity contribution is 0.0703. The summed E-state index contributed by atoms with van der Waals surface area (Å²) in [6.45, 7) is 1.68. The van der Waals surface area contributed by atoms with Crippen molar-refractivity contribution >= 4 is 28.9 Å². The average Bonchev–Trinajstić information content (AvgIpc) is 2.70.